The average molecular weight is 327 g/mol. The van der Waals surface area contributed by atoms with Crippen LogP contribution in [0.5, 0.6) is 0 Å². The third kappa shape index (κ3) is 2.42. The van der Waals surface area contributed by atoms with Gasteiger partial charge in [-0.2, -0.15) is 0 Å². The third-order valence-electron chi connectivity index (χ3n) is 2.65. The molecule has 2 rings (SSSR count). The molecule has 0 aromatic carbocycles. The maximum absolute atomic E-state index is 12.0. The van der Waals surface area contributed by atoms with Gasteiger partial charge < -0.3 is 4.98 Å². The molecule has 96 valence electrons. The van der Waals surface area contributed by atoms with E-state index in [1.54, 1.807) is 11.3 Å². The smallest absolute Gasteiger partial charge is 0.265 e. The summed E-state index contributed by atoms with van der Waals surface area (Å²) in [5.74, 6) is 0.653. The van der Waals surface area contributed by atoms with E-state index in [0.29, 0.717) is 10.3 Å². The van der Waals surface area contributed by atoms with Crippen molar-refractivity contribution in [3.05, 3.63) is 37.5 Å². The molecule has 3 nitrogen and oxygen atoms in total. The molecule has 2 aromatic heterocycles. The molecule has 0 bridgehead atoms. The molecule has 0 atom stereocenters. The van der Waals surface area contributed by atoms with Crippen LogP contribution in [0.15, 0.2) is 20.7 Å². The molecule has 0 radical (unpaired) electrons. The molecule has 1 N–H and O–H groups in total. The van der Waals surface area contributed by atoms with E-state index in [1.807, 2.05) is 39.1 Å². The number of aryl methyl sites for hydroxylation is 1. The van der Waals surface area contributed by atoms with Gasteiger partial charge in [0, 0.05) is 5.41 Å². The molecule has 18 heavy (non-hydrogen) atoms. The largest absolute Gasteiger partial charge is 0.305 e. The van der Waals surface area contributed by atoms with Crippen molar-refractivity contribution < 1.29 is 0 Å². The molecule has 0 unspecified atom stereocenters. The first-order chi connectivity index (χ1) is 8.30. The Labute approximate surface area is 118 Å². The first-order valence-electron chi connectivity index (χ1n) is 5.65. The number of thiophene rings is 1. The Balaban J connectivity index is 2.70. The second-order valence-electron chi connectivity index (χ2n) is 5.26. The predicted molar refractivity (Wildman–Crippen MR) is 79.3 cm³/mol. The minimum atomic E-state index is -0.174. The van der Waals surface area contributed by atoms with Gasteiger partial charge in [-0.25, -0.2) is 4.98 Å². The van der Waals surface area contributed by atoms with E-state index < -0.39 is 0 Å². The van der Waals surface area contributed by atoms with Gasteiger partial charge in [-0.15, -0.1) is 11.3 Å². The second kappa shape index (κ2) is 4.63. The fourth-order valence-electron chi connectivity index (χ4n) is 1.68. The summed E-state index contributed by atoms with van der Waals surface area (Å²) in [7, 11) is 0. The van der Waals surface area contributed by atoms with E-state index in [-0.39, 0.29) is 11.0 Å². The molecule has 0 saturated heterocycles. The molecule has 2 aromatic rings. The molecule has 5 heteroatoms. The zero-order valence-corrected chi connectivity index (χ0v) is 13.2. The first kappa shape index (κ1) is 13.5. The van der Waals surface area contributed by atoms with Crippen molar-refractivity contribution in [2.45, 2.75) is 33.1 Å². The van der Waals surface area contributed by atoms with Gasteiger partial charge in [0.15, 0.2) is 5.82 Å². The van der Waals surface area contributed by atoms with Crippen LogP contribution < -0.4 is 5.56 Å². The summed E-state index contributed by atoms with van der Waals surface area (Å²) in [5.41, 5.74) is 1.62. The number of halogens is 1. The fourth-order valence-corrected chi connectivity index (χ4v) is 3.33. The molecule has 0 aliphatic heterocycles. The van der Waals surface area contributed by atoms with Crippen molar-refractivity contribution in [2.75, 3.05) is 0 Å². The number of aromatic nitrogens is 2. The number of H-pyrrole nitrogens is 1. The lowest BCUT2D eigenvalue weighted by Crippen LogP contribution is -2.22. The lowest BCUT2D eigenvalue weighted by atomic mass is 9.92. The van der Waals surface area contributed by atoms with Crippen molar-refractivity contribution in [1.29, 1.82) is 0 Å². The highest BCUT2D eigenvalue weighted by Crippen LogP contribution is 2.30. The molecule has 0 fully saturated rings. The monoisotopic (exact) mass is 326 g/mol. The van der Waals surface area contributed by atoms with Gasteiger partial charge >= 0.3 is 0 Å². The van der Waals surface area contributed by atoms with E-state index in [9.17, 15) is 4.79 Å². The van der Waals surface area contributed by atoms with Crippen LogP contribution in [0.25, 0.3) is 10.7 Å². The highest BCUT2D eigenvalue weighted by molar-refractivity contribution is 9.10. The van der Waals surface area contributed by atoms with Crippen molar-refractivity contribution in [1.82, 2.24) is 9.97 Å². The standard InChI is InChI=1S/C13H15BrN2OS/c1-7-5-6-18-9(7)11-15-10(13(2,3)4)8(14)12(17)16-11/h5-6H,1-4H3,(H,15,16,17). The Morgan fingerprint density at radius 2 is 2.06 bits per heavy atom. The van der Waals surface area contributed by atoms with Crippen LogP contribution in [0, 0.1) is 6.92 Å². The van der Waals surface area contributed by atoms with Gasteiger partial charge in [-0.3, -0.25) is 4.79 Å². The van der Waals surface area contributed by atoms with Crippen LogP contribution in [0.2, 0.25) is 0 Å². The lowest BCUT2D eigenvalue weighted by Gasteiger charge is -2.19. The zero-order valence-electron chi connectivity index (χ0n) is 10.8. The lowest BCUT2D eigenvalue weighted by molar-refractivity contribution is 0.562. The van der Waals surface area contributed by atoms with Crippen molar-refractivity contribution >= 4 is 27.3 Å². The molecular weight excluding hydrogens is 312 g/mol. The summed E-state index contributed by atoms with van der Waals surface area (Å²) in [6.45, 7) is 8.16. The summed E-state index contributed by atoms with van der Waals surface area (Å²) in [6.07, 6.45) is 0. The number of nitrogens with one attached hydrogen (secondary N) is 1. The second-order valence-corrected chi connectivity index (χ2v) is 6.97. The quantitative estimate of drug-likeness (QED) is 0.864. The van der Waals surface area contributed by atoms with Crippen LogP contribution in [-0.2, 0) is 5.41 Å². The normalized spacial score (nSPS) is 11.8. The van der Waals surface area contributed by atoms with Crippen LogP contribution in [0.4, 0.5) is 0 Å². The van der Waals surface area contributed by atoms with Crippen LogP contribution in [-0.4, -0.2) is 9.97 Å². The third-order valence-corrected chi connectivity index (χ3v) is 4.41. The molecule has 2 heterocycles. The van der Waals surface area contributed by atoms with E-state index in [4.69, 9.17) is 0 Å². The SMILES string of the molecule is Cc1ccsc1-c1nc(C(C)(C)C)c(Br)c(=O)[nH]1. The summed E-state index contributed by atoms with van der Waals surface area (Å²) in [5, 5.41) is 2.00. The zero-order chi connectivity index (χ0) is 13.5. The Morgan fingerprint density at radius 1 is 1.39 bits per heavy atom. The van der Waals surface area contributed by atoms with Gasteiger partial charge in [-0.05, 0) is 39.9 Å². The van der Waals surface area contributed by atoms with Gasteiger partial charge in [0.05, 0.1) is 10.6 Å². The summed E-state index contributed by atoms with van der Waals surface area (Å²) < 4.78 is 0.521. The Morgan fingerprint density at radius 3 is 2.56 bits per heavy atom. The minimum absolute atomic E-state index is 0.127. The maximum atomic E-state index is 12.0. The van der Waals surface area contributed by atoms with Gasteiger partial charge in [0.2, 0.25) is 0 Å². The number of hydrogen-bond acceptors (Lipinski definition) is 3. The molecule has 0 aliphatic carbocycles. The minimum Gasteiger partial charge on any atom is -0.305 e. The highest BCUT2D eigenvalue weighted by Gasteiger charge is 2.22. The van der Waals surface area contributed by atoms with Gasteiger partial charge in [-0.1, -0.05) is 20.8 Å². The van der Waals surface area contributed by atoms with Gasteiger partial charge in [0.1, 0.15) is 4.47 Å². The molecule has 0 amide bonds. The van der Waals surface area contributed by atoms with Crippen LogP contribution in [0.1, 0.15) is 32.0 Å². The molecule has 0 aliphatic rings. The highest BCUT2D eigenvalue weighted by atomic mass is 79.9. The van der Waals surface area contributed by atoms with Gasteiger partial charge in [0.25, 0.3) is 5.56 Å². The van der Waals surface area contributed by atoms with Crippen LogP contribution >= 0.6 is 27.3 Å². The predicted octanol–water partition coefficient (Wildman–Crippen LogP) is 3.87. The average Bonchev–Trinajstić information content (AvgIpc) is 2.66. The molecular formula is C13H15BrN2OS. The van der Waals surface area contributed by atoms with E-state index in [0.717, 1.165) is 16.1 Å². The number of nitrogens with zero attached hydrogens (tertiary/aromatic N) is 1. The summed E-state index contributed by atoms with van der Waals surface area (Å²) >= 11 is 4.92. The van der Waals surface area contributed by atoms with E-state index in [1.165, 1.54) is 0 Å². The fraction of sp³-hybridized carbons (Fsp3) is 0.385. The first-order valence-corrected chi connectivity index (χ1v) is 7.32. The molecule has 0 spiro atoms. The number of rotatable bonds is 1. The number of aromatic amines is 1. The van der Waals surface area contributed by atoms with Crippen molar-refractivity contribution in [3.63, 3.8) is 0 Å². The van der Waals surface area contributed by atoms with E-state index >= 15 is 0 Å². The van der Waals surface area contributed by atoms with Crippen molar-refractivity contribution in [3.8, 4) is 10.7 Å². The Bertz CT molecular complexity index is 637. The summed E-state index contributed by atoms with van der Waals surface area (Å²) in [4.78, 5) is 20.4. The Kier molecular flexibility index (Phi) is 3.47. The maximum Gasteiger partial charge on any atom is 0.265 e. The molecule has 0 saturated carbocycles. The van der Waals surface area contributed by atoms with E-state index in [2.05, 4.69) is 25.9 Å². The van der Waals surface area contributed by atoms with Crippen LogP contribution in [0.3, 0.4) is 0 Å². The van der Waals surface area contributed by atoms with Crippen molar-refractivity contribution in [2.24, 2.45) is 0 Å². The summed E-state index contributed by atoms with van der Waals surface area (Å²) in [6, 6.07) is 2.03. The Hall–Kier alpha value is -0.940. The topological polar surface area (TPSA) is 45.8 Å². The number of hydrogen-bond donors (Lipinski definition) is 1.